The molecule has 1 N–H and O–H groups in total. The summed E-state index contributed by atoms with van der Waals surface area (Å²) in [6.07, 6.45) is -0.0941. The molecular formula is C19H16F4OS. The summed E-state index contributed by atoms with van der Waals surface area (Å²) in [4.78, 5) is 0.635. The third kappa shape index (κ3) is 2.53. The molecule has 0 bridgehead atoms. The number of halogens is 4. The third-order valence-corrected chi connectivity index (χ3v) is 6.75. The van der Waals surface area contributed by atoms with Crippen LogP contribution in [0.15, 0.2) is 41.3 Å². The first-order chi connectivity index (χ1) is 11.8. The highest BCUT2D eigenvalue weighted by atomic mass is 32.2. The highest BCUT2D eigenvalue weighted by Crippen LogP contribution is 2.60. The van der Waals surface area contributed by atoms with Crippen LogP contribution in [0.25, 0.3) is 0 Å². The Morgan fingerprint density at radius 2 is 1.84 bits per heavy atom. The minimum absolute atomic E-state index is 0.223. The number of aromatic hydroxyl groups is 1. The summed E-state index contributed by atoms with van der Waals surface area (Å²) in [5.41, 5.74) is -0.186. The van der Waals surface area contributed by atoms with E-state index in [1.807, 2.05) is 0 Å². The lowest BCUT2D eigenvalue weighted by atomic mass is 9.69. The van der Waals surface area contributed by atoms with Crippen molar-refractivity contribution in [3.63, 3.8) is 0 Å². The monoisotopic (exact) mass is 368 g/mol. The van der Waals surface area contributed by atoms with E-state index >= 15 is 0 Å². The van der Waals surface area contributed by atoms with Gasteiger partial charge in [0.2, 0.25) is 5.92 Å². The van der Waals surface area contributed by atoms with Gasteiger partial charge in [-0.3, -0.25) is 0 Å². The van der Waals surface area contributed by atoms with Crippen molar-refractivity contribution in [2.75, 3.05) is 0 Å². The summed E-state index contributed by atoms with van der Waals surface area (Å²) in [5.74, 6) is -4.61. The molecule has 0 radical (unpaired) electrons. The van der Waals surface area contributed by atoms with Gasteiger partial charge in [-0.05, 0) is 42.7 Å². The van der Waals surface area contributed by atoms with E-state index < -0.39 is 34.0 Å². The van der Waals surface area contributed by atoms with Gasteiger partial charge < -0.3 is 5.11 Å². The number of phenolic OH excluding ortho intramolecular Hbond substituents is 1. The molecule has 2 aromatic rings. The van der Waals surface area contributed by atoms with Crippen molar-refractivity contribution in [3.05, 3.63) is 59.2 Å². The lowest BCUT2D eigenvalue weighted by Crippen LogP contribution is -2.37. The number of benzene rings is 2. The van der Waals surface area contributed by atoms with Gasteiger partial charge in [0.25, 0.3) is 0 Å². The molecule has 0 spiro atoms. The van der Waals surface area contributed by atoms with Crippen molar-refractivity contribution in [3.8, 4) is 5.75 Å². The van der Waals surface area contributed by atoms with Crippen molar-refractivity contribution in [2.24, 2.45) is 0 Å². The smallest absolute Gasteiger partial charge is 0.249 e. The molecule has 1 aliphatic heterocycles. The molecule has 4 rings (SSSR count). The van der Waals surface area contributed by atoms with Gasteiger partial charge in [-0.25, -0.2) is 17.6 Å². The number of thioether (sulfide) groups is 1. The molecule has 0 saturated heterocycles. The van der Waals surface area contributed by atoms with E-state index in [9.17, 15) is 22.7 Å². The fourth-order valence-electron chi connectivity index (χ4n) is 4.21. The minimum Gasteiger partial charge on any atom is -0.505 e. The molecule has 1 heterocycles. The highest BCUT2D eigenvalue weighted by molar-refractivity contribution is 8.00. The molecule has 1 aliphatic carbocycles. The van der Waals surface area contributed by atoms with E-state index in [-0.39, 0.29) is 19.3 Å². The van der Waals surface area contributed by atoms with Crippen LogP contribution in [0.4, 0.5) is 17.6 Å². The van der Waals surface area contributed by atoms with Crippen LogP contribution in [0.3, 0.4) is 0 Å². The lowest BCUT2D eigenvalue weighted by molar-refractivity contribution is -0.0133. The van der Waals surface area contributed by atoms with E-state index in [1.54, 1.807) is 12.1 Å². The Labute approximate surface area is 147 Å². The second kappa shape index (κ2) is 5.66. The van der Waals surface area contributed by atoms with E-state index in [0.717, 1.165) is 6.07 Å². The Balaban J connectivity index is 1.97. The third-order valence-electron chi connectivity index (χ3n) is 5.30. The van der Waals surface area contributed by atoms with Crippen molar-refractivity contribution in [1.29, 1.82) is 0 Å². The molecule has 2 unspecified atom stereocenters. The molecule has 132 valence electrons. The van der Waals surface area contributed by atoms with E-state index in [1.165, 1.54) is 30.0 Å². The van der Waals surface area contributed by atoms with Gasteiger partial charge in [0.05, 0.1) is 0 Å². The first kappa shape index (κ1) is 16.8. The van der Waals surface area contributed by atoms with Gasteiger partial charge in [-0.2, -0.15) is 0 Å². The van der Waals surface area contributed by atoms with Crippen LogP contribution in [0.5, 0.6) is 5.75 Å². The number of phenols is 1. The molecule has 1 fully saturated rings. The summed E-state index contributed by atoms with van der Waals surface area (Å²) in [6.45, 7) is 0. The first-order valence-corrected chi connectivity index (χ1v) is 9.04. The fourth-order valence-corrected chi connectivity index (χ4v) is 5.97. The molecule has 2 aromatic carbocycles. The standard InChI is InChI=1S/C19H16F4OS/c20-12-3-1-4-15-17(12)19(11-5-6-14(24)13(21)9-11)8-2-7-18(22,23)10-16(19)25-15/h1,3-6,9,16,24H,2,7-8,10H2. The quantitative estimate of drug-likeness (QED) is 0.658. The molecule has 1 saturated carbocycles. The molecule has 2 atom stereocenters. The largest absolute Gasteiger partial charge is 0.505 e. The molecule has 0 amide bonds. The number of hydrogen-bond donors (Lipinski definition) is 1. The van der Waals surface area contributed by atoms with Crippen molar-refractivity contribution in [1.82, 2.24) is 0 Å². The Bertz CT molecular complexity index is 838. The highest BCUT2D eigenvalue weighted by Gasteiger charge is 2.55. The van der Waals surface area contributed by atoms with E-state index in [2.05, 4.69) is 0 Å². The maximum Gasteiger partial charge on any atom is 0.249 e. The Morgan fingerprint density at radius 1 is 1.04 bits per heavy atom. The van der Waals surface area contributed by atoms with Crippen molar-refractivity contribution < 1.29 is 22.7 Å². The second-order valence-corrected chi connectivity index (χ2v) is 8.02. The van der Waals surface area contributed by atoms with Crippen LogP contribution in [0, 0.1) is 11.6 Å². The van der Waals surface area contributed by atoms with Gasteiger partial charge in [0.1, 0.15) is 5.82 Å². The summed E-state index contributed by atoms with van der Waals surface area (Å²) >= 11 is 1.25. The van der Waals surface area contributed by atoms with Gasteiger partial charge in [-0.1, -0.05) is 12.1 Å². The second-order valence-electron chi connectivity index (χ2n) is 6.77. The Morgan fingerprint density at radius 3 is 2.60 bits per heavy atom. The van der Waals surface area contributed by atoms with Crippen LogP contribution < -0.4 is 0 Å². The van der Waals surface area contributed by atoms with E-state index in [4.69, 9.17) is 0 Å². The molecular weight excluding hydrogens is 352 g/mol. The summed E-state index contributed by atoms with van der Waals surface area (Å²) in [7, 11) is 0. The number of rotatable bonds is 1. The van der Waals surface area contributed by atoms with Gasteiger partial charge in [0.15, 0.2) is 11.6 Å². The number of hydrogen-bond acceptors (Lipinski definition) is 2. The lowest BCUT2D eigenvalue weighted by Gasteiger charge is -2.35. The van der Waals surface area contributed by atoms with Gasteiger partial charge >= 0.3 is 0 Å². The zero-order valence-corrected chi connectivity index (χ0v) is 14.1. The SMILES string of the molecule is Oc1ccc(C23CCCC(F)(F)CC2Sc2cccc(F)c23)cc1F. The maximum absolute atomic E-state index is 14.8. The minimum atomic E-state index is -2.83. The van der Waals surface area contributed by atoms with Crippen LogP contribution in [0.1, 0.15) is 36.8 Å². The summed E-state index contributed by atoms with van der Waals surface area (Å²) in [5, 5.41) is 8.91. The van der Waals surface area contributed by atoms with Crippen LogP contribution in [-0.2, 0) is 5.41 Å². The average molecular weight is 368 g/mol. The number of alkyl halides is 2. The van der Waals surface area contributed by atoms with Crippen molar-refractivity contribution in [2.45, 2.75) is 47.2 Å². The van der Waals surface area contributed by atoms with Gasteiger partial charge in [-0.15, -0.1) is 11.8 Å². The fraction of sp³-hybridized carbons (Fsp3) is 0.368. The summed E-state index contributed by atoms with van der Waals surface area (Å²) < 4.78 is 57.2. The van der Waals surface area contributed by atoms with Crippen LogP contribution in [0.2, 0.25) is 0 Å². The van der Waals surface area contributed by atoms with Crippen LogP contribution in [-0.4, -0.2) is 16.3 Å². The molecule has 2 aliphatic rings. The zero-order chi connectivity index (χ0) is 17.8. The summed E-state index contributed by atoms with van der Waals surface area (Å²) in [6, 6.07) is 8.52. The molecule has 0 aromatic heterocycles. The normalized spacial score (nSPS) is 27.4. The maximum atomic E-state index is 14.8. The van der Waals surface area contributed by atoms with Crippen molar-refractivity contribution >= 4 is 11.8 Å². The Hall–Kier alpha value is -1.69. The number of fused-ring (bicyclic) bond motifs is 3. The van der Waals surface area contributed by atoms with Gasteiger partial charge in [0, 0.05) is 34.0 Å². The zero-order valence-electron chi connectivity index (χ0n) is 13.2. The molecule has 1 nitrogen and oxygen atoms in total. The predicted octanol–water partition coefficient (Wildman–Crippen LogP) is 5.64. The molecule has 6 heteroatoms. The first-order valence-electron chi connectivity index (χ1n) is 8.16. The average Bonchev–Trinajstić information content (AvgIpc) is 2.77. The molecule has 25 heavy (non-hydrogen) atoms. The topological polar surface area (TPSA) is 20.2 Å². The predicted molar refractivity (Wildman–Crippen MR) is 88.3 cm³/mol. The Kier molecular flexibility index (Phi) is 3.79. The van der Waals surface area contributed by atoms with Crippen LogP contribution >= 0.6 is 11.8 Å². The van der Waals surface area contributed by atoms with E-state index in [0.29, 0.717) is 22.4 Å².